The van der Waals surface area contributed by atoms with Crippen LogP contribution >= 0.6 is 0 Å². The highest BCUT2D eigenvalue weighted by Gasteiger charge is 2.20. The highest BCUT2D eigenvalue weighted by molar-refractivity contribution is 6.69. The summed E-state index contributed by atoms with van der Waals surface area (Å²) in [4.78, 5) is 23.4. The number of hydrogen-bond acceptors (Lipinski definition) is 4. The summed E-state index contributed by atoms with van der Waals surface area (Å²) in [5.41, 5.74) is 0. The SMILES string of the molecule is CCCCCCCCCCCCCC(CC=O)CC(=O)OC(C)CC[C@@H](C)O[Si](C)(C)C. The second-order valence-electron chi connectivity index (χ2n) is 10.7. The number of carbonyl (C=O) groups excluding carboxylic acids is 2. The van der Waals surface area contributed by atoms with Gasteiger partial charge in [0.05, 0.1) is 6.10 Å². The topological polar surface area (TPSA) is 52.6 Å². The van der Waals surface area contributed by atoms with Crippen LogP contribution in [0.3, 0.4) is 0 Å². The molecule has 0 N–H and O–H groups in total. The molecule has 0 aromatic heterocycles. The molecule has 5 heteroatoms. The lowest BCUT2D eigenvalue weighted by Gasteiger charge is -2.24. The van der Waals surface area contributed by atoms with Gasteiger partial charge < -0.3 is 14.0 Å². The van der Waals surface area contributed by atoms with E-state index in [1.807, 2.05) is 6.92 Å². The van der Waals surface area contributed by atoms with E-state index in [4.69, 9.17) is 9.16 Å². The fraction of sp³-hybridized carbons (Fsp3) is 0.926. The Morgan fingerprint density at radius 2 is 1.28 bits per heavy atom. The van der Waals surface area contributed by atoms with Gasteiger partial charge in [-0.15, -0.1) is 0 Å². The maximum absolute atomic E-state index is 12.4. The van der Waals surface area contributed by atoms with E-state index >= 15 is 0 Å². The summed E-state index contributed by atoms with van der Waals surface area (Å²) < 4.78 is 11.7. The van der Waals surface area contributed by atoms with Crippen molar-refractivity contribution in [3.05, 3.63) is 0 Å². The summed E-state index contributed by atoms with van der Waals surface area (Å²) >= 11 is 0. The van der Waals surface area contributed by atoms with Gasteiger partial charge in [-0.25, -0.2) is 0 Å². The Kier molecular flexibility index (Phi) is 19.3. The van der Waals surface area contributed by atoms with Crippen molar-refractivity contribution in [1.82, 2.24) is 0 Å². The lowest BCUT2D eigenvalue weighted by atomic mass is 9.94. The predicted molar refractivity (Wildman–Crippen MR) is 139 cm³/mol. The maximum atomic E-state index is 12.4. The Morgan fingerprint density at radius 3 is 1.78 bits per heavy atom. The first-order chi connectivity index (χ1) is 15.2. The second kappa shape index (κ2) is 19.8. The molecule has 0 amide bonds. The fourth-order valence-electron chi connectivity index (χ4n) is 4.24. The van der Waals surface area contributed by atoms with Crippen molar-refractivity contribution in [3.8, 4) is 0 Å². The standard InChI is InChI=1S/C27H54O4Si/c1-7-8-9-10-11-12-13-14-15-16-17-18-26(21-22-28)23-27(29)30-24(2)19-20-25(3)31-32(4,5)6/h22,24-26H,7-21,23H2,1-6H3/t24?,25-,26?/m1/s1. The molecule has 0 heterocycles. The van der Waals surface area contributed by atoms with E-state index in [-0.39, 0.29) is 24.1 Å². The molecule has 0 rings (SSSR count). The number of esters is 1. The number of aldehydes is 1. The van der Waals surface area contributed by atoms with E-state index in [9.17, 15) is 9.59 Å². The highest BCUT2D eigenvalue weighted by atomic mass is 28.4. The van der Waals surface area contributed by atoms with Gasteiger partial charge in [0.2, 0.25) is 0 Å². The van der Waals surface area contributed by atoms with Gasteiger partial charge in [-0.1, -0.05) is 77.6 Å². The molecule has 2 unspecified atom stereocenters. The first-order valence-electron chi connectivity index (χ1n) is 13.5. The van der Waals surface area contributed by atoms with Crippen molar-refractivity contribution in [2.75, 3.05) is 0 Å². The lowest BCUT2D eigenvalue weighted by Crippen LogP contribution is -2.31. The molecule has 4 nitrogen and oxygen atoms in total. The molecule has 0 fully saturated rings. The molecule has 0 aliphatic rings. The van der Waals surface area contributed by atoms with Gasteiger partial charge in [0, 0.05) is 18.9 Å². The maximum Gasteiger partial charge on any atom is 0.306 e. The molecule has 0 saturated carbocycles. The van der Waals surface area contributed by atoms with E-state index < -0.39 is 8.32 Å². The Bertz CT molecular complexity index is 461. The van der Waals surface area contributed by atoms with E-state index in [0.29, 0.717) is 12.8 Å². The van der Waals surface area contributed by atoms with Crippen molar-refractivity contribution in [2.24, 2.45) is 5.92 Å². The van der Waals surface area contributed by atoms with Crippen LogP contribution in [0.5, 0.6) is 0 Å². The average molecular weight is 471 g/mol. The number of ether oxygens (including phenoxy) is 1. The van der Waals surface area contributed by atoms with Gasteiger partial charge in [0.15, 0.2) is 8.32 Å². The first-order valence-corrected chi connectivity index (χ1v) is 16.9. The Morgan fingerprint density at radius 1 is 0.781 bits per heavy atom. The minimum atomic E-state index is -1.53. The third-order valence-corrected chi connectivity index (χ3v) is 7.08. The zero-order valence-electron chi connectivity index (χ0n) is 22.3. The van der Waals surface area contributed by atoms with E-state index in [0.717, 1.165) is 32.0 Å². The van der Waals surface area contributed by atoms with Gasteiger partial charge in [-0.3, -0.25) is 4.79 Å². The van der Waals surface area contributed by atoms with Gasteiger partial charge in [0.25, 0.3) is 0 Å². The summed E-state index contributed by atoms with van der Waals surface area (Å²) in [5, 5.41) is 0. The Hall–Kier alpha value is -0.683. The first kappa shape index (κ1) is 31.3. The zero-order chi connectivity index (χ0) is 24.2. The quantitative estimate of drug-likeness (QED) is 0.0692. The molecule has 190 valence electrons. The van der Waals surface area contributed by atoms with Crippen molar-refractivity contribution in [1.29, 1.82) is 0 Å². The third-order valence-electron chi connectivity index (χ3n) is 5.97. The molecular weight excluding hydrogens is 416 g/mol. The summed E-state index contributed by atoms with van der Waals surface area (Å²) in [6.45, 7) is 12.9. The molecule has 0 spiro atoms. The lowest BCUT2D eigenvalue weighted by molar-refractivity contribution is -0.150. The molecule has 0 aromatic carbocycles. The third kappa shape index (κ3) is 21.2. The van der Waals surface area contributed by atoms with Crippen LogP contribution < -0.4 is 0 Å². The number of hydrogen-bond donors (Lipinski definition) is 0. The van der Waals surface area contributed by atoms with Crippen LogP contribution in [0.2, 0.25) is 19.6 Å². The monoisotopic (exact) mass is 470 g/mol. The zero-order valence-corrected chi connectivity index (χ0v) is 23.3. The molecule has 0 bridgehead atoms. The Labute approximate surface area is 200 Å². The number of unbranched alkanes of at least 4 members (excludes halogenated alkanes) is 10. The summed E-state index contributed by atoms with van der Waals surface area (Å²) in [6.07, 6.45) is 19.0. The Balaban J connectivity index is 3.92. The van der Waals surface area contributed by atoms with Crippen molar-refractivity contribution in [2.45, 2.75) is 155 Å². The van der Waals surface area contributed by atoms with Crippen molar-refractivity contribution < 1.29 is 18.8 Å². The molecule has 0 aromatic rings. The normalized spacial score (nSPS) is 14.7. The van der Waals surface area contributed by atoms with Crippen LogP contribution in [0.4, 0.5) is 0 Å². The smallest absolute Gasteiger partial charge is 0.306 e. The van der Waals surface area contributed by atoms with Gasteiger partial charge in [0.1, 0.15) is 6.29 Å². The van der Waals surface area contributed by atoms with Gasteiger partial charge in [-0.2, -0.15) is 0 Å². The van der Waals surface area contributed by atoms with Crippen LogP contribution in [0.1, 0.15) is 124 Å². The summed E-state index contributed by atoms with van der Waals surface area (Å²) in [5.74, 6) is -0.0360. The van der Waals surface area contributed by atoms with Crippen LogP contribution in [0.25, 0.3) is 0 Å². The van der Waals surface area contributed by atoms with Crippen LogP contribution in [-0.2, 0) is 18.8 Å². The molecule has 3 atom stereocenters. The second-order valence-corrected chi connectivity index (χ2v) is 15.2. The molecular formula is C27H54O4Si. The van der Waals surface area contributed by atoms with E-state index in [2.05, 4.69) is 33.5 Å². The van der Waals surface area contributed by atoms with E-state index in [1.165, 1.54) is 64.2 Å². The highest BCUT2D eigenvalue weighted by Crippen LogP contribution is 2.20. The fourth-order valence-corrected chi connectivity index (χ4v) is 5.56. The molecule has 0 aliphatic carbocycles. The van der Waals surface area contributed by atoms with Crippen molar-refractivity contribution >= 4 is 20.6 Å². The summed E-state index contributed by atoms with van der Waals surface area (Å²) in [6, 6.07) is 0. The largest absolute Gasteiger partial charge is 0.463 e. The summed E-state index contributed by atoms with van der Waals surface area (Å²) in [7, 11) is -1.53. The van der Waals surface area contributed by atoms with Crippen LogP contribution in [0, 0.1) is 5.92 Å². The molecule has 0 radical (unpaired) electrons. The molecule has 0 saturated heterocycles. The minimum absolute atomic E-state index is 0.103. The van der Waals surface area contributed by atoms with Gasteiger partial charge in [-0.05, 0) is 58.7 Å². The molecule has 32 heavy (non-hydrogen) atoms. The predicted octanol–water partition coefficient (Wildman–Crippen LogP) is 8.23. The van der Waals surface area contributed by atoms with Crippen molar-refractivity contribution in [3.63, 3.8) is 0 Å². The number of rotatable bonds is 22. The molecule has 0 aliphatic heterocycles. The average Bonchev–Trinajstić information content (AvgIpc) is 2.69. The van der Waals surface area contributed by atoms with E-state index in [1.54, 1.807) is 0 Å². The van der Waals surface area contributed by atoms with Crippen LogP contribution in [-0.4, -0.2) is 32.8 Å². The van der Waals surface area contributed by atoms with Crippen LogP contribution in [0.15, 0.2) is 0 Å². The minimum Gasteiger partial charge on any atom is -0.463 e. The van der Waals surface area contributed by atoms with Gasteiger partial charge >= 0.3 is 5.97 Å². The number of carbonyl (C=O) groups is 2.